The van der Waals surface area contributed by atoms with Crippen LogP contribution in [0.3, 0.4) is 0 Å². The summed E-state index contributed by atoms with van der Waals surface area (Å²) in [5.41, 5.74) is 13.1. The Labute approximate surface area is 114 Å². The van der Waals surface area contributed by atoms with Gasteiger partial charge in [0, 0.05) is 18.7 Å². The Kier molecular flexibility index (Phi) is 4.10. The van der Waals surface area contributed by atoms with Gasteiger partial charge in [-0.05, 0) is 36.5 Å². The van der Waals surface area contributed by atoms with E-state index in [9.17, 15) is 4.79 Å². The second kappa shape index (κ2) is 5.61. The predicted molar refractivity (Wildman–Crippen MR) is 79.0 cm³/mol. The number of hydrogen-bond acceptors (Lipinski definition) is 4. The van der Waals surface area contributed by atoms with Crippen molar-refractivity contribution in [3.05, 3.63) is 23.8 Å². The van der Waals surface area contributed by atoms with E-state index < -0.39 is 0 Å². The molecule has 0 aliphatic carbocycles. The lowest BCUT2D eigenvalue weighted by Crippen LogP contribution is -2.41. The van der Waals surface area contributed by atoms with Crippen LogP contribution in [0.1, 0.15) is 30.6 Å². The smallest absolute Gasteiger partial charge is 0.176 e. The van der Waals surface area contributed by atoms with Crippen molar-refractivity contribution in [1.29, 1.82) is 0 Å². The fraction of sp³-hybridized carbons (Fsp3) is 0.533. The number of Topliss-reactive ketones (excluding diaryl/α,β-unsaturated/α-hetero) is 1. The second-order valence-corrected chi connectivity index (χ2v) is 5.91. The topological polar surface area (TPSA) is 72.3 Å². The normalized spacial score (nSPS) is 24.3. The minimum absolute atomic E-state index is 0.119. The molecule has 0 saturated carbocycles. The number of piperidine rings is 1. The SMILES string of the molecule is CC1CC(C)CN(CC(=O)c2ccc(N)c(N)c2)C1. The molecule has 4 N–H and O–H groups in total. The number of nitrogens with two attached hydrogens (primary N) is 2. The molecule has 1 saturated heterocycles. The number of nitrogens with zero attached hydrogens (tertiary/aromatic N) is 1. The van der Waals surface area contributed by atoms with Gasteiger partial charge >= 0.3 is 0 Å². The molecule has 1 aromatic carbocycles. The van der Waals surface area contributed by atoms with Gasteiger partial charge in [-0.15, -0.1) is 0 Å². The van der Waals surface area contributed by atoms with E-state index in [1.165, 1.54) is 6.42 Å². The summed E-state index contributed by atoms with van der Waals surface area (Å²) in [4.78, 5) is 14.5. The summed E-state index contributed by atoms with van der Waals surface area (Å²) in [6, 6.07) is 5.13. The van der Waals surface area contributed by atoms with Crippen LogP contribution < -0.4 is 11.5 Å². The summed E-state index contributed by atoms with van der Waals surface area (Å²) >= 11 is 0. The van der Waals surface area contributed by atoms with Crippen LogP contribution in [0, 0.1) is 11.8 Å². The quantitative estimate of drug-likeness (QED) is 0.645. The van der Waals surface area contributed by atoms with Gasteiger partial charge in [-0.25, -0.2) is 0 Å². The molecule has 2 rings (SSSR count). The molecule has 4 heteroatoms. The number of hydrogen-bond donors (Lipinski definition) is 2. The molecule has 0 aromatic heterocycles. The summed E-state index contributed by atoms with van der Waals surface area (Å²) in [6.07, 6.45) is 1.25. The first kappa shape index (κ1) is 13.9. The number of ketones is 1. The van der Waals surface area contributed by atoms with E-state index in [0.717, 1.165) is 13.1 Å². The first-order valence-corrected chi connectivity index (χ1v) is 6.86. The van der Waals surface area contributed by atoms with E-state index in [0.29, 0.717) is 35.3 Å². The van der Waals surface area contributed by atoms with Crippen LogP contribution in [0.2, 0.25) is 0 Å². The van der Waals surface area contributed by atoms with E-state index >= 15 is 0 Å². The second-order valence-electron chi connectivity index (χ2n) is 5.91. The monoisotopic (exact) mass is 261 g/mol. The first-order chi connectivity index (χ1) is 8.95. The third-order valence-corrected chi connectivity index (χ3v) is 3.72. The van der Waals surface area contributed by atoms with Crippen LogP contribution in [0.4, 0.5) is 11.4 Å². The Bertz CT molecular complexity index is 462. The molecule has 1 fully saturated rings. The van der Waals surface area contributed by atoms with Crippen LogP contribution >= 0.6 is 0 Å². The van der Waals surface area contributed by atoms with Crippen LogP contribution in [0.5, 0.6) is 0 Å². The van der Waals surface area contributed by atoms with Crippen molar-refractivity contribution in [2.45, 2.75) is 20.3 Å². The molecule has 2 atom stereocenters. The summed E-state index contributed by atoms with van der Waals surface area (Å²) in [5.74, 6) is 1.44. The fourth-order valence-corrected chi connectivity index (χ4v) is 2.96. The predicted octanol–water partition coefficient (Wildman–Crippen LogP) is 2.01. The van der Waals surface area contributed by atoms with Gasteiger partial charge < -0.3 is 11.5 Å². The standard InChI is InChI=1S/C15H23N3O/c1-10-5-11(2)8-18(7-10)9-15(19)12-3-4-13(16)14(17)6-12/h3-4,6,10-11H,5,7-9,16-17H2,1-2H3. The van der Waals surface area contributed by atoms with Gasteiger partial charge in [-0.3, -0.25) is 9.69 Å². The van der Waals surface area contributed by atoms with E-state index in [4.69, 9.17) is 11.5 Å². The average Bonchev–Trinajstić information content (AvgIpc) is 2.31. The highest BCUT2D eigenvalue weighted by Crippen LogP contribution is 2.22. The van der Waals surface area contributed by atoms with Crippen molar-refractivity contribution in [1.82, 2.24) is 4.90 Å². The minimum Gasteiger partial charge on any atom is -0.397 e. The van der Waals surface area contributed by atoms with E-state index in [2.05, 4.69) is 18.7 Å². The van der Waals surface area contributed by atoms with Gasteiger partial charge in [-0.2, -0.15) is 0 Å². The number of nitrogen functional groups attached to an aromatic ring is 2. The molecular weight excluding hydrogens is 238 g/mol. The third-order valence-electron chi connectivity index (χ3n) is 3.72. The van der Waals surface area contributed by atoms with Gasteiger partial charge in [0.15, 0.2) is 5.78 Å². The van der Waals surface area contributed by atoms with Gasteiger partial charge in [0.2, 0.25) is 0 Å². The number of carbonyl (C=O) groups is 1. The number of rotatable bonds is 3. The Morgan fingerprint density at radius 1 is 1.21 bits per heavy atom. The maximum absolute atomic E-state index is 12.3. The third kappa shape index (κ3) is 3.47. The highest BCUT2D eigenvalue weighted by atomic mass is 16.1. The van der Waals surface area contributed by atoms with Crippen molar-refractivity contribution in [2.24, 2.45) is 11.8 Å². The van der Waals surface area contributed by atoms with Gasteiger partial charge in [-0.1, -0.05) is 13.8 Å². The maximum atomic E-state index is 12.3. The lowest BCUT2D eigenvalue weighted by molar-refractivity contribution is 0.0849. The zero-order chi connectivity index (χ0) is 14.0. The molecule has 1 aliphatic rings. The van der Waals surface area contributed by atoms with Crippen LogP contribution in [0.15, 0.2) is 18.2 Å². The van der Waals surface area contributed by atoms with Crippen LogP contribution in [0.25, 0.3) is 0 Å². The summed E-state index contributed by atoms with van der Waals surface area (Å²) < 4.78 is 0. The number of anilines is 2. The largest absolute Gasteiger partial charge is 0.397 e. The van der Waals surface area contributed by atoms with Crippen molar-refractivity contribution >= 4 is 17.2 Å². The highest BCUT2D eigenvalue weighted by Gasteiger charge is 2.23. The molecule has 104 valence electrons. The van der Waals surface area contributed by atoms with Gasteiger partial charge in [0.25, 0.3) is 0 Å². The Morgan fingerprint density at radius 3 is 2.42 bits per heavy atom. The van der Waals surface area contributed by atoms with Crippen LogP contribution in [-0.2, 0) is 0 Å². The van der Waals surface area contributed by atoms with Gasteiger partial charge in [0.05, 0.1) is 17.9 Å². The molecule has 0 bridgehead atoms. The molecule has 2 unspecified atom stereocenters. The Balaban J connectivity index is 2.02. The van der Waals surface area contributed by atoms with Gasteiger partial charge in [0.1, 0.15) is 0 Å². The first-order valence-electron chi connectivity index (χ1n) is 6.86. The van der Waals surface area contributed by atoms with Crippen molar-refractivity contribution in [3.8, 4) is 0 Å². The minimum atomic E-state index is 0.119. The molecule has 0 amide bonds. The lowest BCUT2D eigenvalue weighted by Gasteiger charge is -2.34. The van der Waals surface area contributed by atoms with E-state index in [-0.39, 0.29) is 5.78 Å². The molecule has 19 heavy (non-hydrogen) atoms. The number of carbonyl (C=O) groups excluding carboxylic acids is 1. The Hall–Kier alpha value is -1.55. The van der Waals surface area contributed by atoms with Crippen molar-refractivity contribution in [2.75, 3.05) is 31.1 Å². The fourth-order valence-electron chi connectivity index (χ4n) is 2.96. The average molecular weight is 261 g/mol. The van der Waals surface area contributed by atoms with Crippen molar-refractivity contribution < 1.29 is 4.79 Å². The molecule has 4 nitrogen and oxygen atoms in total. The van der Waals surface area contributed by atoms with Crippen molar-refractivity contribution in [3.63, 3.8) is 0 Å². The van der Waals surface area contributed by atoms with E-state index in [1.807, 2.05) is 0 Å². The number of likely N-dealkylation sites (tertiary alicyclic amines) is 1. The molecule has 1 aromatic rings. The number of benzene rings is 1. The molecule has 1 heterocycles. The maximum Gasteiger partial charge on any atom is 0.176 e. The zero-order valence-corrected chi connectivity index (χ0v) is 11.7. The molecule has 0 spiro atoms. The molecular formula is C15H23N3O. The summed E-state index contributed by atoms with van der Waals surface area (Å²) in [7, 11) is 0. The highest BCUT2D eigenvalue weighted by molar-refractivity contribution is 5.99. The summed E-state index contributed by atoms with van der Waals surface area (Å²) in [6.45, 7) is 6.96. The Morgan fingerprint density at radius 2 is 1.84 bits per heavy atom. The molecule has 0 radical (unpaired) electrons. The zero-order valence-electron chi connectivity index (χ0n) is 11.7. The van der Waals surface area contributed by atoms with E-state index in [1.54, 1.807) is 18.2 Å². The lowest BCUT2D eigenvalue weighted by atomic mass is 9.91. The molecule has 1 aliphatic heterocycles. The van der Waals surface area contributed by atoms with Crippen LogP contribution in [-0.4, -0.2) is 30.3 Å². The summed E-state index contributed by atoms with van der Waals surface area (Å²) in [5, 5.41) is 0.